The minimum absolute atomic E-state index is 0.0149. The molecule has 252 valence electrons. The summed E-state index contributed by atoms with van der Waals surface area (Å²) < 4.78 is 21.1. The second kappa shape index (κ2) is 12.5. The van der Waals surface area contributed by atoms with Gasteiger partial charge in [0.15, 0.2) is 16.6 Å². The van der Waals surface area contributed by atoms with E-state index < -0.39 is 16.6 Å². The van der Waals surface area contributed by atoms with Crippen LogP contribution in [0.2, 0.25) is 36.3 Å². The highest BCUT2D eigenvalue weighted by molar-refractivity contribution is 6.74. The molecule has 6 heteroatoms. The maximum atomic E-state index is 9.39. The van der Waals surface area contributed by atoms with Gasteiger partial charge in [0.2, 0.25) is 0 Å². The summed E-state index contributed by atoms with van der Waals surface area (Å²) in [4.78, 5) is 0. The molecule has 0 aromatic rings. The molecule has 0 aromatic carbocycles. The van der Waals surface area contributed by atoms with Gasteiger partial charge in [0, 0.05) is 5.41 Å². The topological polar surface area (TPSA) is 47.9 Å². The van der Waals surface area contributed by atoms with Crippen LogP contribution in [0.1, 0.15) is 108 Å². The largest absolute Gasteiger partial charge is 0.414 e. The molecule has 8 atom stereocenters. The molecule has 4 rings (SSSR count). The van der Waals surface area contributed by atoms with E-state index in [0.29, 0.717) is 24.4 Å². The Hall–Kier alpha value is -0.506. The van der Waals surface area contributed by atoms with Crippen LogP contribution in [-0.4, -0.2) is 53.3 Å². The van der Waals surface area contributed by atoms with Gasteiger partial charge >= 0.3 is 0 Å². The van der Waals surface area contributed by atoms with Crippen molar-refractivity contribution in [3.05, 3.63) is 34.9 Å². The lowest BCUT2D eigenvalue weighted by molar-refractivity contribution is -0.0553. The zero-order chi connectivity index (χ0) is 33.1. The summed E-state index contributed by atoms with van der Waals surface area (Å²) in [5.74, 6) is 1.70. The maximum absolute atomic E-state index is 9.39. The van der Waals surface area contributed by atoms with Gasteiger partial charge in [-0.25, -0.2) is 0 Å². The number of hydrogen-bond donors (Lipinski definition) is 1. The molecule has 1 N–H and O–H groups in total. The van der Waals surface area contributed by atoms with Crippen LogP contribution in [0.3, 0.4) is 0 Å². The number of aliphatic hydroxyl groups is 1. The van der Waals surface area contributed by atoms with Gasteiger partial charge < -0.3 is 18.7 Å². The fourth-order valence-corrected chi connectivity index (χ4v) is 11.5. The third-order valence-electron chi connectivity index (χ3n) is 13.8. The summed E-state index contributed by atoms with van der Waals surface area (Å²) in [6.07, 6.45) is 14.8. The molecule has 4 aliphatic carbocycles. The number of hydrogen-bond acceptors (Lipinski definition) is 4. The van der Waals surface area contributed by atoms with Gasteiger partial charge in [-0.3, -0.25) is 0 Å². The Balaban J connectivity index is 1.66. The van der Waals surface area contributed by atoms with Gasteiger partial charge in [-0.05, 0) is 117 Å². The van der Waals surface area contributed by atoms with Crippen LogP contribution in [-0.2, 0) is 13.6 Å². The Kier molecular flexibility index (Phi) is 10.3. The van der Waals surface area contributed by atoms with E-state index in [1.807, 2.05) is 13.0 Å². The summed E-state index contributed by atoms with van der Waals surface area (Å²) >= 11 is 0. The fraction of sp³-hybridized carbons (Fsp3) is 0.842. The Morgan fingerprint density at radius 1 is 0.955 bits per heavy atom. The van der Waals surface area contributed by atoms with Crippen LogP contribution in [0.4, 0.5) is 0 Å². The van der Waals surface area contributed by atoms with Gasteiger partial charge in [-0.1, -0.05) is 84.8 Å². The van der Waals surface area contributed by atoms with Gasteiger partial charge in [0.25, 0.3) is 0 Å². The van der Waals surface area contributed by atoms with E-state index in [4.69, 9.17) is 13.6 Å². The smallest absolute Gasteiger partial charge is 0.192 e. The second-order valence-corrected chi connectivity index (χ2v) is 28.0. The quantitative estimate of drug-likeness (QED) is 0.200. The van der Waals surface area contributed by atoms with E-state index in [1.54, 1.807) is 11.1 Å². The lowest BCUT2D eigenvalue weighted by atomic mass is 9.49. The average molecular weight is 645 g/mol. The van der Waals surface area contributed by atoms with Crippen molar-refractivity contribution in [2.24, 2.45) is 28.6 Å². The van der Waals surface area contributed by atoms with E-state index in [-0.39, 0.29) is 45.8 Å². The number of rotatable bonds is 9. The molecule has 0 unspecified atom stereocenters. The molecule has 0 spiro atoms. The van der Waals surface area contributed by atoms with Crippen LogP contribution in [0.5, 0.6) is 0 Å². The predicted molar refractivity (Wildman–Crippen MR) is 191 cm³/mol. The predicted octanol–water partition coefficient (Wildman–Crippen LogP) is 10.2. The number of fused-ring (bicyclic) bond motifs is 5. The van der Waals surface area contributed by atoms with Crippen molar-refractivity contribution in [2.75, 3.05) is 13.2 Å². The zero-order valence-electron chi connectivity index (χ0n) is 31.0. The van der Waals surface area contributed by atoms with Gasteiger partial charge in [-0.15, -0.1) is 0 Å². The standard InChI is InChI=1S/C38H68O4Si2/c1-26(25-39)20-22-40-27(2)31-17-18-32-30-16-15-28-23-29(41-43(11,12)35(3,4)5)24-34(42-44(13,14)36(6,7)8)38(28,10)33(30)19-21-37(31,32)9/h15-16,20,27,29,31-34,39H,17-19,21-25H2,1-14H3/b26-20+/t27-,29+,31+,32-,33-,34-,37+,38-/m0/s1. The average Bonchev–Trinajstić information content (AvgIpc) is 3.25. The van der Waals surface area contributed by atoms with E-state index in [1.165, 1.54) is 25.7 Å². The van der Waals surface area contributed by atoms with E-state index >= 15 is 0 Å². The molecule has 0 heterocycles. The van der Waals surface area contributed by atoms with Crippen molar-refractivity contribution in [1.29, 1.82) is 0 Å². The molecule has 0 amide bonds. The highest BCUT2D eigenvalue weighted by Crippen LogP contribution is 2.66. The van der Waals surface area contributed by atoms with Crippen LogP contribution < -0.4 is 0 Å². The van der Waals surface area contributed by atoms with Crippen LogP contribution in [0.25, 0.3) is 0 Å². The third-order valence-corrected chi connectivity index (χ3v) is 22.8. The summed E-state index contributed by atoms with van der Waals surface area (Å²) in [6, 6.07) is 0. The molecule has 3 saturated carbocycles. The molecule has 0 aliphatic heterocycles. The van der Waals surface area contributed by atoms with Crippen molar-refractivity contribution in [3.63, 3.8) is 0 Å². The molecule has 4 nitrogen and oxygen atoms in total. The Morgan fingerprint density at radius 3 is 2.16 bits per heavy atom. The minimum atomic E-state index is -2.02. The SMILES string of the molecule is C/C(=C\CO[C@@H](C)[C@H]1CC[C@H]2C3=CC=C4C[C@@H](O[Si](C)(C)C(C)(C)C)C[C@H](O[Si](C)(C)C(C)(C)C)[C@]4(C)[C@H]3CC[C@]12C)CO. The minimum Gasteiger partial charge on any atom is -0.414 e. The van der Waals surface area contributed by atoms with Crippen molar-refractivity contribution in [2.45, 2.75) is 162 Å². The number of allylic oxidation sites excluding steroid dienone is 3. The Bertz CT molecular complexity index is 1140. The summed E-state index contributed by atoms with van der Waals surface area (Å²) in [5, 5.41) is 9.75. The summed E-state index contributed by atoms with van der Waals surface area (Å²) in [6.45, 7) is 34.0. The summed E-state index contributed by atoms with van der Waals surface area (Å²) in [5.41, 5.74) is 4.53. The number of aliphatic hydroxyl groups excluding tert-OH is 1. The Morgan fingerprint density at radius 2 is 1.57 bits per heavy atom. The van der Waals surface area contributed by atoms with E-state index in [2.05, 4.69) is 101 Å². The van der Waals surface area contributed by atoms with Crippen LogP contribution >= 0.6 is 0 Å². The molecule has 0 bridgehead atoms. The first-order chi connectivity index (χ1) is 20.1. The second-order valence-electron chi connectivity index (χ2n) is 18.5. The first-order valence-electron chi connectivity index (χ1n) is 17.7. The monoisotopic (exact) mass is 644 g/mol. The molecule has 44 heavy (non-hydrogen) atoms. The van der Waals surface area contributed by atoms with Crippen LogP contribution in [0.15, 0.2) is 34.9 Å². The normalized spacial score (nSPS) is 35.8. The highest BCUT2D eigenvalue weighted by atomic mass is 28.4. The third kappa shape index (κ3) is 6.61. The molecule has 0 aromatic heterocycles. The van der Waals surface area contributed by atoms with Crippen molar-refractivity contribution in [3.8, 4) is 0 Å². The summed E-state index contributed by atoms with van der Waals surface area (Å²) in [7, 11) is -3.93. The van der Waals surface area contributed by atoms with Crippen molar-refractivity contribution < 1.29 is 18.7 Å². The first kappa shape index (κ1) is 36.3. The van der Waals surface area contributed by atoms with Gasteiger partial charge in [0.05, 0.1) is 31.5 Å². The molecule has 0 radical (unpaired) electrons. The maximum Gasteiger partial charge on any atom is 0.192 e. The zero-order valence-corrected chi connectivity index (χ0v) is 33.0. The van der Waals surface area contributed by atoms with Crippen LogP contribution in [0, 0.1) is 28.6 Å². The van der Waals surface area contributed by atoms with E-state index in [0.717, 1.165) is 18.4 Å². The fourth-order valence-electron chi connectivity index (χ4n) is 8.73. The van der Waals surface area contributed by atoms with Gasteiger partial charge in [0.1, 0.15) is 0 Å². The Labute approximate surface area is 273 Å². The first-order valence-corrected chi connectivity index (χ1v) is 23.5. The molecular weight excluding hydrogens is 577 g/mol. The highest BCUT2D eigenvalue weighted by Gasteiger charge is 2.61. The lowest BCUT2D eigenvalue weighted by Gasteiger charge is -2.59. The van der Waals surface area contributed by atoms with Crippen molar-refractivity contribution >= 4 is 16.6 Å². The van der Waals surface area contributed by atoms with Gasteiger partial charge in [-0.2, -0.15) is 0 Å². The van der Waals surface area contributed by atoms with E-state index in [9.17, 15) is 5.11 Å². The van der Waals surface area contributed by atoms with Crippen molar-refractivity contribution in [1.82, 2.24) is 0 Å². The molecular formula is C38H68O4Si2. The molecule has 3 fully saturated rings. The molecule has 4 aliphatic rings. The lowest BCUT2D eigenvalue weighted by Crippen LogP contribution is -2.58. The number of ether oxygens (including phenoxy) is 1. The molecule has 0 saturated heterocycles.